The zero-order valence-electron chi connectivity index (χ0n) is 19.5. The van der Waals surface area contributed by atoms with E-state index in [4.69, 9.17) is 4.74 Å². The Hall–Kier alpha value is -2.95. The Kier molecular flexibility index (Phi) is 9.64. The van der Waals surface area contributed by atoms with Crippen molar-refractivity contribution in [3.63, 3.8) is 0 Å². The summed E-state index contributed by atoms with van der Waals surface area (Å²) in [5.74, 6) is -1.47. The number of thioether (sulfide) groups is 1. The lowest BCUT2D eigenvalue weighted by atomic mass is 10.2. The molecule has 0 aliphatic carbocycles. The number of amides is 3. The molecule has 1 heterocycles. The number of anilines is 1. The van der Waals surface area contributed by atoms with Gasteiger partial charge in [0.1, 0.15) is 13.2 Å². The van der Waals surface area contributed by atoms with Gasteiger partial charge >= 0.3 is 5.97 Å². The fourth-order valence-corrected chi connectivity index (χ4v) is 4.37. The number of halogens is 1. The van der Waals surface area contributed by atoms with E-state index in [-0.39, 0.29) is 4.91 Å². The first kappa shape index (κ1) is 26.7. The molecule has 0 saturated carbocycles. The summed E-state index contributed by atoms with van der Waals surface area (Å²) < 4.78 is 6.20. The number of rotatable bonds is 10. The molecule has 8 nitrogen and oxygen atoms in total. The van der Waals surface area contributed by atoms with Crippen molar-refractivity contribution < 1.29 is 23.9 Å². The van der Waals surface area contributed by atoms with Crippen LogP contribution < -0.4 is 5.32 Å². The third-order valence-electron chi connectivity index (χ3n) is 5.28. The number of carbonyl (C=O) groups excluding carboxylic acids is 4. The Morgan fingerprint density at radius 1 is 1.06 bits per heavy atom. The van der Waals surface area contributed by atoms with E-state index in [0.717, 1.165) is 39.8 Å². The van der Waals surface area contributed by atoms with Crippen molar-refractivity contribution in [3.8, 4) is 0 Å². The molecule has 35 heavy (non-hydrogen) atoms. The number of benzene rings is 2. The molecule has 184 valence electrons. The maximum atomic E-state index is 12.6. The number of hydrogen-bond acceptors (Lipinski definition) is 7. The highest BCUT2D eigenvalue weighted by atomic mass is 79.9. The molecule has 1 N–H and O–H groups in total. The summed E-state index contributed by atoms with van der Waals surface area (Å²) in [6.07, 6.45) is 1.62. The first-order valence-electron chi connectivity index (χ1n) is 11.1. The average Bonchev–Trinajstić information content (AvgIpc) is 3.10. The number of carbonyl (C=O) groups is 4. The summed E-state index contributed by atoms with van der Waals surface area (Å²) in [5, 5.41) is 2.14. The van der Waals surface area contributed by atoms with Crippen LogP contribution >= 0.6 is 27.7 Å². The lowest BCUT2D eigenvalue weighted by Gasteiger charge is -2.17. The number of esters is 1. The molecule has 0 spiro atoms. The molecule has 0 aromatic heterocycles. The first-order chi connectivity index (χ1) is 16.8. The second-order valence-corrected chi connectivity index (χ2v) is 9.52. The second kappa shape index (κ2) is 12.7. The highest BCUT2D eigenvalue weighted by Crippen LogP contribution is 2.32. The normalized spacial score (nSPS) is 14.6. The van der Waals surface area contributed by atoms with E-state index in [2.05, 4.69) is 26.1 Å². The smallest absolute Gasteiger partial charge is 0.338 e. The summed E-state index contributed by atoms with van der Waals surface area (Å²) >= 11 is 4.15. The molecule has 1 saturated heterocycles. The largest absolute Gasteiger partial charge is 0.461 e. The van der Waals surface area contributed by atoms with E-state index in [1.165, 1.54) is 0 Å². The van der Waals surface area contributed by atoms with Gasteiger partial charge < -0.3 is 15.0 Å². The van der Waals surface area contributed by atoms with Crippen molar-refractivity contribution >= 4 is 62.5 Å². The zero-order valence-corrected chi connectivity index (χ0v) is 21.9. The topological polar surface area (TPSA) is 96.0 Å². The number of imide groups is 1. The molecule has 1 fully saturated rings. The van der Waals surface area contributed by atoms with Crippen LogP contribution in [0.15, 0.2) is 57.9 Å². The van der Waals surface area contributed by atoms with Crippen LogP contribution in [0.4, 0.5) is 10.5 Å². The van der Waals surface area contributed by atoms with Crippen LogP contribution in [0.25, 0.3) is 6.08 Å². The van der Waals surface area contributed by atoms with Crippen LogP contribution in [0.2, 0.25) is 0 Å². The van der Waals surface area contributed by atoms with Crippen LogP contribution in [0.5, 0.6) is 0 Å². The van der Waals surface area contributed by atoms with Gasteiger partial charge in [-0.25, -0.2) is 4.79 Å². The SMILES string of the molecule is CCN(CC)CCOC(=O)c1ccc(NC(=O)CN2C(=O)S/C(=C/c3ccc(Br)cc3)C2=O)cc1. The predicted octanol–water partition coefficient (Wildman–Crippen LogP) is 4.62. The van der Waals surface area contributed by atoms with Gasteiger partial charge in [0.25, 0.3) is 11.1 Å². The quantitative estimate of drug-likeness (QED) is 0.335. The summed E-state index contributed by atoms with van der Waals surface area (Å²) in [6.45, 7) is 6.43. The van der Waals surface area contributed by atoms with Crippen molar-refractivity contribution in [2.45, 2.75) is 13.8 Å². The van der Waals surface area contributed by atoms with Crippen molar-refractivity contribution in [2.24, 2.45) is 0 Å². The van der Waals surface area contributed by atoms with Crippen LogP contribution in [0, 0.1) is 0 Å². The van der Waals surface area contributed by atoms with E-state index in [9.17, 15) is 19.2 Å². The van der Waals surface area contributed by atoms with Crippen LogP contribution in [0.1, 0.15) is 29.8 Å². The minimum absolute atomic E-state index is 0.258. The van der Waals surface area contributed by atoms with Gasteiger partial charge in [-0.3, -0.25) is 19.3 Å². The minimum atomic E-state index is -0.522. The fraction of sp³-hybridized carbons (Fsp3) is 0.280. The Morgan fingerprint density at radius 2 is 1.71 bits per heavy atom. The second-order valence-electron chi connectivity index (χ2n) is 7.61. The van der Waals surface area contributed by atoms with Gasteiger partial charge in [-0.15, -0.1) is 0 Å². The number of ether oxygens (including phenoxy) is 1. The van der Waals surface area contributed by atoms with Gasteiger partial charge in [-0.1, -0.05) is 41.9 Å². The first-order valence-corrected chi connectivity index (χ1v) is 12.7. The molecule has 3 rings (SSSR count). The maximum Gasteiger partial charge on any atom is 0.338 e. The molecular formula is C25H26BrN3O5S. The van der Waals surface area contributed by atoms with Crippen molar-refractivity contribution in [1.82, 2.24) is 9.80 Å². The Balaban J connectivity index is 1.52. The summed E-state index contributed by atoms with van der Waals surface area (Å²) in [5.41, 5.74) is 1.58. The van der Waals surface area contributed by atoms with Gasteiger partial charge in [-0.05, 0) is 72.9 Å². The maximum absolute atomic E-state index is 12.6. The van der Waals surface area contributed by atoms with Crippen molar-refractivity contribution in [1.29, 1.82) is 0 Å². The van der Waals surface area contributed by atoms with Crippen LogP contribution in [0.3, 0.4) is 0 Å². The monoisotopic (exact) mass is 559 g/mol. The van der Waals surface area contributed by atoms with E-state index in [1.807, 2.05) is 38.1 Å². The lowest BCUT2D eigenvalue weighted by molar-refractivity contribution is -0.127. The molecular weight excluding hydrogens is 534 g/mol. The van der Waals surface area contributed by atoms with Crippen LogP contribution in [-0.4, -0.2) is 65.6 Å². The summed E-state index contributed by atoms with van der Waals surface area (Å²) in [7, 11) is 0. The highest BCUT2D eigenvalue weighted by molar-refractivity contribution is 9.10. The third kappa shape index (κ3) is 7.51. The molecule has 1 aliphatic heterocycles. The van der Waals surface area contributed by atoms with E-state index in [0.29, 0.717) is 24.4 Å². The molecule has 10 heteroatoms. The van der Waals surface area contributed by atoms with Gasteiger partial charge in [0.05, 0.1) is 10.5 Å². The van der Waals surface area contributed by atoms with Gasteiger partial charge in [-0.2, -0.15) is 0 Å². The van der Waals surface area contributed by atoms with Gasteiger partial charge in [0.2, 0.25) is 5.91 Å². The van der Waals surface area contributed by atoms with Crippen LogP contribution in [-0.2, 0) is 14.3 Å². The molecule has 3 amide bonds. The van der Waals surface area contributed by atoms with Gasteiger partial charge in [0.15, 0.2) is 0 Å². The lowest BCUT2D eigenvalue weighted by Crippen LogP contribution is -2.36. The molecule has 0 bridgehead atoms. The molecule has 0 atom stereocenters. The Bertz CT molecular complexity index is 1110. The minimum Gasteiger partial charge on any atom is -0.461 e. The van der Waals surface area contributed by atoms with E-state index >= 15 is 0 Å². The number of likely N-dealkylation sites (N-methyl/N-ethyl adjacent to an activating group) is 1. The molecule has 0 radical (unpaired) electrons. The zero-order chi connectivity index (χ0) is 25.4. The fourth-order valence-electron chi connectivity index (χ4n) is 3.27. The number of nitrogens with zero attached hydrogens (tertiary/aromatic N) is 2. The molecule has 2 aromatic carbocycles. The summed E-state index contributed by atoms with van der Waals surface area (Å²) in [6, 6.07) is 13.5. The van der Waals surface area contributed by atoms with Crippen molar-refractivity contribution in [2.75, 3.05) is 38.1 Å². The average molecular weight is 560 g/mol. The summed E-state index contributed by atoms with van der Waals surface area (Å²) in [4.78, 5) is 52.9. The Morgan fingerprint density at radius 3 is 2.34 bits per heavy atom. The Labute approximate surface area is 216 Å². The van der Waals surface area contributed by atoms with E-state index < -0.39 is 29.6 Å². The third-order valence-corrected chi connectivity index (χ3v) is 6.72. The predicted molar refractivity (Wildman–Crippen MR) is 140 cm³/mol. The number of nitrogens with one attached hydrogen (secondary N) is 1. The molecule has 1 aliphatic rings. The molecule has 0 unspecified atom stereocenters. The number of hydrogen-bond donors (Lipinski definition) is 1. The highest BCUT2D eigenvalue weighted by Gasteiger charge is 2.36. The molecule has 2 aromatic rings. The van der Waals surface area contributed by atoms with Crippen molar-refractivity contribution in [3.05, 3.63) is 69.0 Å². The van der Waals surface area contributed by atoms with E-state index in [1.54, 1.807) is 30.3 Å². The standard InChI is InChI=1S/C25H26BrN3O5S/c1-3-28(4-2)13-14-34-24(32)18-7-11-20(12-8-18)27-22(30)16-29-23(31)21(35-25(29)33)15-17-5-9-19(26)10-6-17/h5-12,15H,3-4,13-14,16H2,1-2H3,(H,27,30)/b21-15+. The van der Waals surface area contributed by atoms with Gasteiger partial charge in [0, 0.05) is 16.7 Å².